The van der Waals surface area contributed by atoms with Crippen LogP contribution in [-0.2, 0) is 19.5 Å². The summed E-state index contributed by atoms with van der Waals surface area (Å²) in [6.07, 6.45) is 4.58. The van der Waals surface area contributed by atoms with E-state index in [1.54, 1.807) is 35.5 Å². The number of carbonyl (C=O) groups excluding carboxylic acids is 1. The van der Waals surface area contributed by atoms with Crippen LogP contribution in [-0.4, -0.2) is 43.8 Å². The maximum absolute atomic E-state index is 12.1. The molecule has 32 heavy (non-hydrogen) atoms. The molecular formula is C24H28N2O5S. The molecule has 1 fully saturated rings. The number of aromatic nitrogens is 1. The number of nitrogens with zero attached hydrogens (tertiary/aromatic N) is 2. The maximum Gasteiger partial charge on any atom is 0.330 e. The van der Waals surface area contributed by atoms with Gasteiger partial charge in [-0.15, -0.1) is 5.06 Å². The van der Waals surface area contributed by atoms with Gasteiger partial charge in [-0.25, -0.2) is 13.2 Å². The number of piperidine rings is 1. The molecule has 0 saturated carbocycles. The monoisotopic (exact) mass is 456 g/mol. The van der Waals surface area contributed by atoms with Crippen molar-refractivity contribution in [1.82, 2.24) is 10.0 Å². The van der Waals surface area contributed by atoms with E-state index in [0.29, 0.717) is 13.1 Å². The highest BCUT2D eigenvalue weighted by atomic mass is 32.2. The number of carbonyl (C=O) groups is 1. The Hall–Kier alpha value is -2.71. The third kappa shape index (κ3) is 4.86. The number of rotatable bonds is 4. The van der Waals surface area contributed by atoms with Gasteiger partial charge in [0.2, 0.25) is 0 Å². The average molecular weight is 457 g/mol. The van der Waals surface area contributed by atoms with E-state index in [0.717, 1.165) is 40.8 Å². The fourth-order valence-corrected chi connectivity index (χ4v) is 4.31. The first-order chi connectivity index (χ1) is 15.0. The smallest absolute Gasteiger partial charge is 0.330 e. The van der Waals surface area contributed by atoms with Gasteiger partial charge in [0.15, 0.2) is 15.4 Å². The Kier molecular flexibility index (Phi) is 5.85. The lowest BCUT2D eigenvalue weighted by molar-refractivity contribution is -0.204. The lowest BCUT2D eigenvalue weighted by atomic mass is 9.95. The SMILES string of the molecule is CC(C)(C)C(=O)ON1CCC(c2cc3cc(-c4ccc(S(C)(=O)=O)cc4)ncc3o2)CC1. The van der Waals surface area contributed by atoms with Crippen molar-refractivity contribution in [2.45, 2.75) is 44.4 Å². The molecule has 1 aliphatic rings. The molecule has 0 unspecified atom stereocenters. The van der Waals surface area contributed by atoms with Crippen LogP contribution in [0.1, 0.15) is 45.3 Å². The highest BCUT2D eigenvalue weighted by Gasteiger charge is 2.29. The predicted octanol–water partition coefficient (Wildman–Crippen LogP) is 4.58. The van der Waals surface area contributed by atoms with Gasteiger partial charge in [-0.3, -0.25) is 4.98 Å². The number of fused-ring (bicyclic) bond motifs is 1. The summed E-state index contributed by atoms with van der Waals surface area (Å²) >= 11 is 0. The molecule has 2 aromatic heterocycles. The number of hydrogen-bond donors (Lipinski definition) is 0. The molecule has 0 amide bonds. The zero-order valence-corrected chi connectivity index (χ0v) is 19.6. The van der Waals surface area contributed by atoms with Crippen molar-refractivity contribution in [2.75, 3.05) is 19.3 Å². The predicted molar refractivity (Wildman–Crippen MR) is 122 cm³/mol. The zero-order chi connectivity index (χ0) is 23.1. The number of pyridine rings is 1. The molecule has 1 saturated heterocycles. The van der Waals surface area contributed by atoms with Crippen LogP contribution >= 0.6 is 0 Å². The molecule has 1 aromatic carbocycles. The van der Waals surface area contributed by atoms with Gasteiger partial charge in [0.1, 0.15) is 5.76 Å². The minimum absolute atomic E-state index is 0.220. The van der Waals surface area contributed by atoms with Gasteiger partial charge >= 0.3 is 5.97 Å². The Balaban J connectivity index is 1.46. The summed E-state index contributed by atoms with van der Waals surface area (Å²) in [5, 5.41) is 2.70. The van der Waals surface area contributed by atoms with Crippen molar-refractivity contribution in [3.05, 3.63) is 48.4 Å². The van der Waals surface area contributed by atoms with Crippen molar-refractivity contribution in [1.29, 1.82) is 0 Å². The second-order valence-corrected chi connectivity index (χ2v) is 11.4. The number of hydroxylamine groups is 2. The number of furan rings is 1. The van der Waals surface area contributed by atoms with Gasteiger partial charge < -0.3 is 9.25 Å². The van der Waals surface area contributed by atoms with E-state index >= 15 is 0 Å². The average Bonchev–Trinajstić information content (AvgIpc) is 3.16. The molecule has 0 spiro atoms. The minimum atomic E-state index is -3.23. The van der Waals surface area contributed by atoms with Crippen molar-refractivity contribution in [2.24, 2.45) is 5.41 Å². The van der Waals surface area contributed by atoms with Crippen LogP contribution < -0.4 is 0 Å². The van der Waals surface area contributed by atoms with Crippen LogP contribution in [0.15, 0.2) is 51.9 Å². The molecule has 8 heteroatoms. The summed E-state index contributed by atoms with van der Waals surface area (Å²) in [7, 11) is -3.23. The van der Waals surface area contributed by atoms with E-state index < -0.39 is 15.3 Å². The van der Waals surface area contributed by atoms with Gasteiger partial charge in [0.05, 0.1) is 22.2 Å². The molecule has 0 aliphatic carbocycles. The van der Waals surface area contributed by atoms with E-state index in [4.69, 9.17) is 9.25 Å². The second-order valence-electron chi connectivity index (χ2n) is 9.38. The summed E-state index contributed by atoms with van der Waals surface area (Å²) in [5.74, 6) is 0.945. The Bertz CT molecular complexity index is 1230. The van der Waals surface area contributed by atoms with E-state index in [1.807, 2.05) is 32.9 Å². The molecule has 170 valence electrons. The second kappa shape index (κ2) is 8.33. The van der Waals surface area contributed by atoms with Crippen molar-refractivity contribution in [3.8, 4) is 11.3 Å². The van der Waals surface area contributed by atoms with Gasteiger partial charge in [0.25, 0.3) is 0 Å². The Labute approximate surface area is 188 Å². The van der Waals surface area contributed by atoms with E-state index in [1.165, 1.54) is 6.26 Å². The van der Waals surface area contributed by atoms with E-state index in [2.05, 4.69) is 4.98 Å². The molecule has 0 bridgehead atoms. The molecule has 7 nitrogen and oxygen atoms in total. The largest absolute Gasteiger partial charge is 0.459 e. The van der Waals surface area contributed by atoms with E-state index in [-0.39, 0.29) is 16.8 Å². The van der Waals surface area contributed by atoms with Crippen LogP contribution in [0.3, 0.4) is 0 Å². The topological polar surface area (TPSA) is 89.7 Å². The van der Waals surface area contributed by atoms with Crippen molar-refractivity contribution >= 4 is 26.8 Å². The van der Waals surface area contributed by atoms with Crippen LogP contribution in [0.4, 0.5) is 0 Å². The van der Waals surface area contributed by atoms with Gasteiger partial charge in [-0.2, -0.15) is 0 Å². The third-order valence-electron chi connectivity index (χ3n) is 5.68. The summed E-state index contributed by atoms with van der Waals surface area (Å²) in [5.41, 5.74) is 1.80. The first-order valence-corrected chi connectivity index (χ1v) is 12.6. The molecule has 1 aliphatic heterocycles. The zero-order valence-electron chi connectivity index (χ0n) is 18.8. The van der Waals surface area contributed by atoms with Gasteiger partial charge in [-0.1, -0.05) is 12.1 Å². The quantitative estimate of drug-likeness (QED) is 0.567. The first kappa shape index (κ1) is 22.5. The number of sulfone groups is 1. The summed E-state index contributed by atoms with van der Waals surface area (Å²) in [6, 6.07) is 10.7. The summed E-state index contributed by atoms with van der Waals surface area (Å²) in [4.78, 5) is 22.4. The molecule has 3 heterocycles. The van der Waals surface area contributed by atoms with Crippen LogP contribution in [0, 0.1) is 5.41 Å². The Morgan fingerprint density at radius 2 is 1.78 bits per heavy atom. The van der Waals surface area contributed by atoms with Crippen LogP contribution in [0.2, 0.25) is 0 Å². The number of hydrogen-bond acceptors (Lipinski definition) is 7. The van der Waals surface area contributed by atoms with E-state index in [9.17, 15) is 13.2 Å². The molecule has 4 rings (SSSR count). The van der Waals surface area contributed by atoms with Crippen LogP contribution in [0.25, 0.3) is 22.2 Å². The van der Waals surface area contributed by atoms with Gasteiger partial charge in [-0.05, 0) is 57.9 Å². The lowest BCUT2D eigenvalue weighted by Gasteiger charge is -2.31. The first-order valence-electron chi connectivity index (χ1n) is 10.7. The minimum Gasteiger partial charge on any atom is -0.459 e. The van der Waals surface area contributed by atoms with Crippen molar-refractivity contribution < 1.29 is 22.5 Å². The molecule has 0 N–H and O–H groups in total. The summed E-state index contributed by atoms with van der Waals surface area (Å²) in [6.45, 7) is 6.87. The molecule has 0 atom stereocenters. The highest BCUT2D eigenvalue weighted by Crippen LogP contribution is 2.34. The normalized spacial score (nSPS) is 16.4. The molecular weight excluding hydrogens is 428 g/mol. The maximum atomic E-state index is 12.1. The highest BCUT2D eigenvalue weighted by molar-refractivity contribution is 7.90. The standard InChI is InChI=1S/C24H28N2O5S/c1-24(2,3)23(27)31-26-11-9-17(10-12-26)21-14-18-13-20(25-15-22(18)30-21)16-5-7-19(8-6-16)32(4,28)29/h5-8,13-15,17H,9-12H2,1-4H3. The molecule has 0 radical (unpaired) electrons. The third-order valence-corrected chi connectivity index (χ3v) is 6.81. The van der Waals surface area contributed by atoms with Crippen LogP contribution in [0.5, 0.6) is 0 Å². The molecule has 3 aromatic rings. The Morgan fingerprint density at radius 3 is 2.38 bits per heavy atom. The fourth-order valence-electron chi connectivity index (χ4n) is 3.68. The number of benzene rings is 1. The lowest BCUT2D eigenvalue weighted by Crippen LogP contribution is -2.38. The fraction of sp³-hybridized carbons (Fsp3) is 0.417. The van der Waals surface area contributed by atoms with Gasteiger partial charge in [0, 0.05) is 36.2 Å². The summed E-state index contributed by atoms with van der Waals surface area (Å²) < 4.78 is 29.4. The Morgan fingerprint density at radius 1 is 1.12 bits per heavy atom. The van der Waals surface area contributed by atoms with Crippen molar-refractivity contribution in [3.63, 3.8) is 0 Å².